The monoisotopic (exact) mass is 243 g/mol. The summed E-state index contributed by atoms with van der Waals surface area (Å²) in [5.41, 5.74) is 2.15. The van der Waals surface area contributed by atoms with Gasteiger partial charge in [0.05, 0.1) is 6.10 Å². The van der Waals surface area contributed by atoms with Crippen molar-refractivity contribution < 1.29 is 9.53 Å². The number of hydrogen-bond donors (Lipinski definition) is 2. The fraction of sp³-hybridized carbons (Fsp3) is 0.917. The Bertz CT molecular complexity index is 216. The van der Waals surface area contributed by atoms with E-state index in [1.54, 1.807) is 7.11 Å². The molecule has 3 N–H and O–H groups in total. The van der Waals surface area contributed by atoms with Crippen LogP contribution < -0.4 is 11.3 Å². The summed E-state index contributed by atoms with van der Waals surface area (Å²) >= 11 is 0. The second-order valence-corrected chi connectivity index (χ2v) is 4.65. The smallest absolute Gasteiger partial charge is 0.233 e. The molecular formula is C12H25N3O2. The van der Waals surface area contributed by atoms with E-state index in [-0.39, 0.29) is 5.91 Å². The molecule has 17 heavy (non-hydrogen) atoms. The molecule has 1 fully saturated rings. The van der Waals surface area contributed by atoms with E-state index in [9.17, 15) is 4.79 Å². The van der Waals surface area contributed by atoms with Gasteiger partial charge in [-0.05, 0) is 32.2 Å². The number of likely N-dealkylation sites (tertiary alicyclic amines) is 1. The van der Waals surface area contributed by atoms with Crippen molar-refractivity contribution in [1.82, 2.24) is 10.3 Å². The lowest BCUT2D eigenvalue weighted by atomic mass is 10.1. The van der Waals surface area contributed by atoms with Crippen molar-refractivity contribution in [3.63, 3.8) is 0 Å². The molecular weight excluding hydrogens is 218 g/mol. The van der Waals surface area contributed by atoms with Crippen LogP contribution in [-0.2, 0) is 9.53 Å². The Labute approximate surface area is 104 Å². The van der Waals surface area contributed by atoms with E-state index in [4.69, 9.17) is 10.6 Å². The van der Waals surface area contributed by atoms with Crippen LogP contribution in [0.4, 0.5) is 0 Å². The summed E-state index contributed by atoms with van der Waals surface area (Å²) in [5, 5.41) is 0. The molecule has 0 aromatic heterocycles. The van der Waals surface area contributed by atoms with E-state index in [0.29, 0.717) is 12.5 Å². The lowest BCUT2D eigenvalue weighted by molar-refractivity contribution is -0.121. The van der Waals surface area contributed by atoms with Crippen molar-refractivity contribution >= 4 is 5.91 Å². The Hall–Kier alpha value is -0.650. The predicted molar refractivity (Wildman–Crippen MR) is 67.3 cm³/mol. The molecule has 0 unspecified atom stereocenters. The van der Waals surface area contributed by atoms with Crippen LogP contribution in [0.1, 0.15) is 38.5 Å². The summed E-state index contributed by atoms with van der Waals surface area (Å²) < 4.78 is 5.34. The SMILES string of the molecule is COC1CCN(CCCCCC(=O)NN)CC1. The molecule has 0 aliphatic carbocycles. The van der Waals surface area contributed by atoms with Gasteiger partial charge in [-0.1, -0.05) is 6.42 Å². The Morgan fingerprint density at radius 3 is 2.65 bits per heavy atom. The minimum atomic E-state index is -0.0640. The maximum Gasteiger partial charge on any atom is 0.233 e. The normalized spacial score (nSPS) is 18.2. The predicted octanol–water partition coefficient (Wildman–Crippen LogP) is 0.648. The van der Waals surface area contributed by atoms with E-state index in [0.717, 1.165) is 51.7 Å². The molecule has 5 nitrogen and oxygen atoms in total. The van der Waals surface area contributed by atoms with E-state index < -0.39 is 0 Å². The average Bonchev–Trinajstić information content (AvgIpc) is 2.38. The van der Waals surface area contributed by atoms with Crippen LogP contribution in [0.15, 0.2) is 0 Å². The van der Waals surface area contributed by atoms with Gasteiger partial charge in [-0.25, -0.2) is 5.84 Å². The molecule has 0 bridgehead atoms. The summed E-state index contributed by atoms with van der Waals surface area (Å²) in [7, 11) is 1.79. The van der Waals surface area contributed by atoms with Gasteiger partial charge in [-0.2, -0.15) is 0 Å². The number of carbonyl (C=O) groups is 1. The molecule has 0 aromatic carbocycles. The number of hydrazine groups is 1. The minimum Gasteiger partial charge on any atom is -0.381 e. The molecule has 0 aromatic rings. The van der Waals surface area contributed by atoms with Gasteiger partial charge < -0.3 is 9.64 Å². The number of carbonyl (C=O) groups excluding carboxylic acids is 1. The van der Waals surface area contributed by atoms with Crippen LogP contribution in [0, 0.1) is 0 Å². The zero-order chi connectivity index (χ0) is 12.5. The first-order valence-corrected chi connectivity index (χ1v) is 6.51. The molecule has 0 atom stereocenters. The highest BCUT2D eigenvalue weighted by Crippen LogP contribution is 2.13. The number of rotatable bonds is 7. The topological polar surface area (TPSA) is 67.6 Å². The van der Waals surface area contributed by atoms with Crippen molar-refractivity contribution in [2.45, 2.75) is 44.6 Å². The summed E-state index contributed by atoms with van der Waals surface area (Å²) in [5.74, 6) is 4.95. The van der Waals surface area contributed by atoms with Crippen molar-refractivity contribution in [3.8, 4) is 0 Å². The zero-order valence-corrected chi connectivity index (χ0v) is 10.8. The van der Waals surface area contributed by atoms with E-state index in [2.05, 4.69) is 10.3 Å². The molecule has 1 saturated heterocycles. The molecule has 1 heterocycles. The number of ether oxygens (including phenoxy) is 1. The number of methoxy groups -OCH3 is 1. The van der Waals surface area contributed by atoms with Gasteiger partial charge in [0.25, 0.3) is 0 Å². The molecule has 1 rings (SSSR count). The van der Waals surface area contributed by atoms with Gasteiger partial charge in [-0.15, -0.1) is 0 Å². The molecule has 5 heteroatoms. The largest absolute Gasteiger partial charge is 0.381 e. The van der Waals surface area contributed by atoms with Crippen molar-refractivity contribution in [3.05, 3.63) is 0 Å². The summed E-state index contributed by atoms with van der Waals surface area (Å²) in [4.78, 5) is 13.4. The van der Waals surface area contributed by atoms with Gasteiger partial charge >= 0.3 is 0 Å². The Kier molecular flexibility index (Phi) is 7.16. The molecule has 100 valence electrons. The van der Waals surface area contributed by atoms with Crippen LogP contribution in [0.2, 0.25) is 0 Å². The molecule has 1 amide bonds. The van der Waals surface area contributed by atoms with E-state index in [1.807, 2.05) is 0 Å². The Balaban J connectivity index is 1.95. The number of hydrogen-bond acceptors (Lipinski definition) is 4. The second-order valence-electron chi connectivity index (χ2n) is 4.65. The summed E-state index contributed by atoms with van der Waals surface area (Å²) in [6.07, 6.45) is 6.48. The number of nitrogens with zero attached hydrogens (tertiary/aromatic N) is 1. The van der Waals surface area contributed by atoms with E-state index in [1.165, 1.54) is 0 Å². The van der Waals surface area contributed by atoms with Crippen LogP contribution in [0.5, 0.6) is 0 Å². The van der Waals surface area contributed by atoms with Crippen LogP contribution in [0.3, 0.4) is 0 Å². The van der Waals surface area contributed by atoms with Crippen LogP contribution in [0.25, 0.3) is 0 Å². The highest BCUT2D eigenvalue weighted by atomic mass is 16.5. The Morgan fingerprint density at radius 1 is 1.35 bits per heavy atom. The lowest BCUT2D eigenvalue weighted by Gasteiger charge is -2.31. The first-order chi connectivity index (χ1) is 8.26. The minimum absolute atomic E-state index is 0.0640. The lowest BCUT2D eigenvalue weighted by Crippen LogP contribution is -2.37. The maximum absolute atomic E-state index is 10.9. The number of piperidine rings is 1. The third kappa shape index (κ3) is 6.00. The van der Waals surface area contributed by atoms with Crippen molar-refractivity contribution in [2.24, 2.45) is 5.84 Å². The third-order valence-corrected chi connectivity index (χ3v) is 3.41. The van der Waals surface area contributed by atoms with E-state index >= 15 is 0 Å². The molecule has 0 saturated carbocycles. The zero-order valence-electron chi connectivity index (χ0n) is 10.8. The number of unbranched alkanes of at least 4 members (excludes halogenated alkanes) is 2. The van der Waals surface area contributed by atoms with Gasteiger partial charge in [-0.3, -0.25) is 10.2 Å². The number of amides is 1. The fourth-order valence-electron chi connectivity index (χ4n) is 2.24. The molecule has 1 aliphatic heterocycles. The van der Waals surface area contributed by atoms with Crippen molar-refractivity contribution in [1.29, 1.82) is 0 Å². The molecule has 0 radical (unpaired) electrons. The quantitative estimate of drug-likeness (QED) is 0.298. The Morgan fingerprint density at radius 2 is 2.06 bits per heavy atom. The highest BCUT2D eigenvalue weighted by molar-refractivity contribution is 5.74. The van der Waals surface area contributed by atoms with Crippen molar-refractivity contribution in [2.75, 3.05) is 26.7 Å². The van der Waals surface area contributed by atoms with Crippen LogP contribution >= 0.6 is 0 Å². The standard InChI is InChI=1S/C12H25N3O2/c1-17-11-6-9-15(10-7-11)8-4-2-3-5-12(16)14-13/h11H,2-10,13H2,1H3,(H,14,16). The first-order valence-electron chi connectivity index (χ1n) is 6.51. The average molecular weight is 243 g/mol. The van der Waals surface area contributed by atoms with Gasteiger partial charge in [0.2, 0.25) is 5.91 Å². The van der Waals surface area contributed by atoms with Gasteiger partial charge in [0.1, 0.15) is 0 Å². The number of nitrogens with one attached hydrogen (secondary N) is 1. The second kappa shape index (κ2) is 8.44. The summed E-state index contributed by atoms with van der Waals surface area (Å²) in [6, 6.07) is 0. The maximum atomic E-state index is 10.9. The first kappa shape index (κ1) is 14.4. The number of nitrogens with two attached hydrogens (primary N) is 1. The molecule has 0 spiro atoms. The summed E-state index contributed by atoms with van der Waals surface area (Å²) in [6.45, 7) is 3.42. The third-order valence-electron chi connectivity index (χ3n) is 3.41. The van der Waals surface area contributed by atoms with Gasteiger partial charge in [0.15, 0.2) is 0 Å². The fourth-order valence-corrected chi connectivity index (χ4v) is 2.24. The van der Waals surface area contributed by atoms with Gasteiger partial charge in [0, 0.05) is 26.6 Å². The molecule has 1 aliphatic rings. The highest BCUT2D eigenvalue weighted by Gasteiger charge is 2.17. The van der Waals surface area contributed by atoms with Crippen LogP contribution in [-0.4, -0.2) is 43.7 Å².